The Bertz CT molecular complexity index is 785. The number of rotatable bonds is 4. The molecule has 0 bridgehead atoms. The number of benzene rings is 2. The topological polar surface area (TPSA) is 42.2 Å². The maximum absolute atomic E-state index is 6.01. The molecule has 5 heteroatoms. The van der Waals surface area contributed by atoms with Crippen LogP contribution in [-0.4, -0.2) is 17.2 Å². The zero-order valence-corrected chi connectivity index (χ0v) is 13.2. The van der Waals surface area contributed by atoms with Crippen molar-refractivity contribution in [3.8, 4) is 11.5 Å². The summed E-state index contributed by atoms with van der Waals surface area (Å²) in [4.78, 5) is 2.01. The lowest BCUT2D eigenvalue weighted by Gasteiger charge is -2.16. The molecule has 3 aromatic rings. The minimum Gasteiger partial charge on any atom is -0.419 e. The van der Waals surface area contributed by atoms with Crippen LogP contribution in [0.2, 0.25) is 5.02 Å². The fourth-order valence-electron chi connectivity index (χ4n) is 2.22. The molecular formula is C17H16ClN3O. The highest BCUT2D eigenvalue weighted by Gasteiger charge is 2.11. The molecule has 0 aliphatic rings. The Hall–Kier alpha value is -2.33. The van der Waals surface area contributed by atoms with Crippen LogP contribution in [0.4, 0.5) is 5.69 Å². The van der Waals surface area contributed by atoms with Crippen molar-refractivity contribution in [2.75, 3.05) is 11.9 Å². The van der Waals surface area contributed by atoms with Gasteiger partial charge in [0.2, 0.25) is 11.8 Å². The van der Waals surface area contributed by atoms with Gasteiger partial charge in [-0.05, 0) is 37.3 Å². The molecule has 0 saturated heterocycles. The molecular weight excluding hydrogens is 298 g/mol. The fraction of sp³-hybridized carbons (Fsp3) is 0.176. The van der Waals surface area contributed by atoms with E-state index >= 15 is 0 Å². The third-order valence-electron chi connectivity index (χ3n) is 3.35. The Balaban J connectivity index is 1.77. The van der Waals surface area contributed by atoms with Crippen molar-refractivity contribution in [2.24, 2.45) is 0 Å². The van der Waals surface area contributed by atoms with E-state index in [1.165, 1.54) is 0 Å². The second kappa shape index (κ2) is 6.20. The van der Waals surface area contributed by atoms with E-state index in [9.17, 15) is 0 Å². The van der Waals surface area contributed by atoms with Gasteiger partial charge in [0.1, 0.15) is 0 Å². The second-order valence-electron chi connectivity index (χ2n) is 5.21. The molecule has 0 radical (unpaired) electrons. The summed E-state index contributed by atoms with van der Waals surface area (Å²) in [5.41, 5.74) is 3.10. The molecule has 0 spiro atoms. The SMILES string of the molecule is Cc1cccc(-c2nnc(CN(C)c3cccc(Cl)c3)o2)c1. The normalized spacial score (nSPS) is 10.7. The molecule has 0 saturated carbocycles. The van der Waals surface area contributed by atoms with Crippen molar-refractivity contribution in [1.82, 2.24) is 10.2 Å². The number of anilines is 1. The van der Waals surface area contributed by atoms with Crippen LogP contribution >= 0.6 is 11.6 Å². The number of hydrogen-bond donors (Lipinski definition) is 0. The molecule has 0 N–H and O–H groups in total. The van der Waals surface area contributed by atoms with Crippen molar-refractivity contribution < 1.29 is 4.42 Å². The van der Waals surface area contributed by atoms with Crippen LogP contribution in [0, 0.1) is 6.92 Å². The molecule has 0 aliphatic carbocycles. The lowest BCUT2D eigenvalue weighted by atomic mass is 10.1. The number of aromatic nitrogens is 2. The molecule has 22 heavy (non-hydrogen) atoms. The highest BCUT2D eigenvalue weighted by molar-refractivity contribution is 6.30. The highest BCUT2D eigenvalue weighted by atomic mass is 35.5. The van der Waals surface area contributed by atoms with E-state index in [0.29, 0.717) is 23.3 Å². The summed E-state index contributed by atoms with van der Waals surface area (Å²) in [6.45, 7) is 2.56. The van der Waals surface area contributed by atoms with Crippen LogP contribution in [0.5, 0.6) is 0 Å². The van der Waals surface area contributed by atoms with Gasteiger partial charge in [0.05, 0.1) is 6.54 Å². The predicted octanol–water partition coefficient (Wildman–Crippen LogP) is 4.33. The standard InChI is InChI=1S/C17H16ClN3O/c1-12-5-3-6-13(9-12)17-20-19-16(22-17)11-21(2)15-8-4-7-14(18)10-15/h3-10H,11H2,1-2H3. The first-order valence-corrected chi connectivity index (χ1v) is 7.36. The lowest BCUT2D eigenvalue weighted by molar-refractivity contribution is 0.503. The molecule has 0 fully saturated rings. The summed E-state index contributed by atoms with van der Waals surface area (Å²) < 4.78 is 5.75. The third-order valence-corrected chi connectivity index (χ3v) is 3.59. The van der Waals surface area contributed by atoms with Gasteiger partial charge in [0, 0.05) is 23.3 Å². The molecule has 112 valence electrons. The zero-order chi connectivity index (χ0) is 15.5. The Morgan fingerprint density at radius 2 is 1.91 bits per heavy atom. The molecule has 2 aromatic carbocycles. The maximum Gasteiger partial charge on any atom is 0.247 e. The first kappa shape index (κ1) is 14.6. The quantitative estimate of drug-likeness (QED) is 0.718. The molecule has 0 atom stereocenters. The number of aryl methyl sites for hydroxylation is 1. The van der Waals surface area contributed by atoms with E-state index < -0.39 is 0 Å². The summed E-state index contributed by atoms with van der Waals surface area (Å²) in [7, 11) is 1.96. The minimum atomic E-state index is 0.527. The Morgan fingerprint density at radius 3 is 2.68 bits per heavy atom. The van der Waals surface area contributed by atoms with E-state index in [1.54, 1.807) is 0 Å². The molecule has 1 aromatic heterocycles. The number of halogens is 1. The average Bonchev–Trinajstić information content (AvgIpc) is 2.96. The monoisotopic (exact) mass is 313 g/mol. The van der Waals surface area contributed by atoms with Crippen LogP contribution < -0.4 is 4.90 Å². The first-order valence-electron chi connectivity index (χ1n) is 6.98. The van der Waals surface area contributed by atoms with Crippen molar-refractivity contribution in [1.29, 1.82) is 0 Å². The second-order valence-corrected chi connectivity index (χ2v) is 5.64. The van der Waals surface area contributed by atoms with E-state index in [0.717, 1.165) is 16.8 Å². The molecule has 3 rings (SSSR count). The average molecular weight is 314 g/mol. The van der Waals surface area contributed by atoms with Gasteiger partial charge >= 0.3 is 0 Å². The summed E-state index contributed by atoms with van der Waals surface area (Å²) >= 11 is 6.01. The Morgan fingerprint density at radius 1 is 1.09 bits per heavy atom. The maximum atomic E-state index is 6.01. The summed E-state index contributed by atoms with van der Waals surface area (Å²) in [5, 5.41) is 8.95. The third kappa shape index (κ3) is 3.28. The smallest absolute Gasteiger partial charge is 0.247 e. The van der Waals surface area contributed by atoms with Crippen LogP contribution in [-0.2, 0) is 6.54 Å². The van der Waals surface area contributed by atoms with E-state index in [4.69, 9.17) is 16.0 Å². The fourth-order valence-corrected chi connectivity index (χ4v) is 2.40. The van der Waals surface area contributed by atoms with E-state index in [-0.39, 0.29) is 0 Å². The van der Waals surface area contributed by atoms with Gasteiger partial charge in [0.15, 0.2) is 0 Å². The van der Waals surface area contributed by atoms with Crippen molar-refractivity contribution in [3.05, 3.63) is 65.0 Å². The van der Waals surface area contributed by atoms with Crippen molar-refractivity contribution in [2.45, 2.75) is 13.5 Å². The molecule has 1 heterocycles. The molecule has 0 unspecified atom stereocenters. The first-order chi connectivity index (χ1) is 10.6. The van der Waals surface area contributed by atoms with Crippen LogP contribution in [0.3, 0.4) is 0 Å². The van der Waals surface area contributed by atoms with E-state index in [2.05, 4.69) is 10.2 Å². The molecule has 0 amide bonds. The van der Waals surface area contributed by atoms with E-state index in [1.807, 2.05) is 67.4 Å². The van der Waals surface area contributed by atoms with Crippen LogP contribution in [0.25, 0.3) is 11.5 Å². The van der Waals surface area contributed by atoms with Crippen LogP contribution in [0.15, 0.2) is 52.9 Å². The van der Waals surface area contributed by atoms with Gasteiger partial charge in [0.25, 0.3) is 0 Å². The molecule has 4 nitrogen and oxygen atoms in total. The largest absolute Gasteiger partial charge is 0.419 e. The van der Waals surface area contributed by atoms with Crippen molar-refractivity contribution >= 4 is 17.3 Å². The summed E-state index contributed by atoms with van der Waals surface area (Å²) in [6.07, 6.45) is 0. The van der Waals surface area contributed by atoms with Crippen LogP contribution in [0.1, 0.15) is 11.5 Å². The van der Waals surface area contributed by atoms with Gasteiger partial charge in [-0.1, -0.05) is 35.4 Å². The lowest BCUT2D eigenvalue weighted by Crippen LogP contribution is -2.16. The number of nitrogens with zero attached hydrogens (tertiary/aromatic N) is 3. The zero-order valence-electron chi connectivity index (χ0n) is 12.5. The van der Waals surface area contributed by atoms with Gasteiger partial charge in [-0.3, -0.25) is 0 Å². The molecule has 0 aliphatic heterocycles. The highest BCUT2D eigenvalue weighted by Crippen LogP contribution is 2.22. The van der Waals surface area contributed by atoms with Gasteiger partial charge in [-0.2, -0.15) is 0 Å². The summed E-state index contributed by atoms with van der Waals surface area (Å²) in [5.74, 6) is 1.11. The predicted molar refractivity (Wildman–Crippen MR) is 88.0 cm³/mol. The van der Waals surface area contributed by atoms with Gasteiger partial charge < -0.3 is 9.32 Å². The van der Waals surface area contributed by atoms with Crippen molar-refractivity contribution in [3.63, 3.8) is 0 Å². The summed E-state index contributed by atoms with van der Waals surface area (Å²) in [6, 6.07) is 15.7. The Labute approximate surface area is 134 Å². The number of hydrogen-bond acceptors (Lipinski definition) is 4. The van der Waals surface area contributed by atoms with Gasteiger partial charge in [-0.25, -0.2) is 0 Å². The minimum absolute atomic E-state index is 0.527. The Kier molecular flexibility index (Phi) is 4.11. The van der Waals surface area contributed by atoms with Gasteiger partial charge in [-0.15, -0.1) is 10.2 Å².